The Morgan fingerprint density at radius 2 is 1.87 bits per heavy atom. The van der Waals surface area contributed by atoms with Crippen molar-refractivity contribution in [3.63, 3.8) is 0 Å². The SMILES string of the molecule is Cc1cccc2[nH]c(-c3ccccc3OC3CCNCC3)nc12. The van der Waals surface area contributed by atoms with Gasteiger partial charge in [0.05, 0.1) is 16.6 Å². The molecule has 23 heavy (non-hydrogen) atoms. The Morgan fingerprint density at radius 3 is 2.70 bits per heavy atom. The summed E-state index contributed by atoms with van der Waals surface area (Å²) in [5, 5.41) is 3.37. The Balaban J connectivity index is 1.71. The number of H-pyrrole nitrogens is 1. The molecule has 4 rings (SSSR count). The Kier molecular flexibility index (Phi) is 3.75. The Labute approximate surface area is 135 Å². The first-order valence-corrected chi connectivity index (χ1v) is 8.23. The second-order valence-electron chi connectivity index (χ2n) is 6.12. The number of fused-ring (bicyclic) bond motifs is 1. The van der Waals surface area contributed by atoms with E-state index in [2.05, 4.69) is 41.5 Å². The molecule has 0 bridgehead atoms. The van der Waals surface area contributed by atoms with E-state index < -0.39 is 0 Å². The molecule has 2 N–H and O–H groups in total. The van der Waals surface area contributed by atoms with Crippen LogP contribution in [-0.2, 0) is 0 Å². The summed E-state index contributed by atoms with van der Waals surface area (Å²) in [6, 6.07) is 14.4. The standard InChI is InChI=1S/C19H21N3O/c1-13-5-4-7-16-18(13)22-19(21-16)15-6-2-3-8-17(15)23-14-9-11-20-12-10-14/h2-8,14,20H,9-12H2,1H3,(H,21,22). The van der Waals surface area contributed by atoms with Gasteiger partial charge in [-0.2, -0.15) is 0 Å². The number of aromatic amines is 1. The van der Waals surface area contributed by atoms with Gasteiger partial charge in [0, 0.05) is 0 Å². The molecule has 0 amide bonds. The van der Waals surface area contributed by atoms with Crippen molar-refractivity contribution in [1.82, 2.24) is 15.3 Å². The highest BCUT2D eigenvalue weighted by molar-refractivity contribution is 5.83. The van der Waals surface area contributed by atoms with Crippen LogP contribution in [0.1, 0.15) is 18.4 Å². The average Bonchev–Trinajstić information content (AvgIpc) is 3.02. The molecule has 4 nitrogen and oxygen atoms in total. The van der Waals surface area contributed by atoms with Gasteiger partial charge >= 0.3 is 0 Å². The molecule has 0 unspecified atom stereocenters. The third-order valence-corrected chi connectivity index (χ3v) is 4.44. The van der Waals surface area contributed by atoms with Crippen LogP contribution in [0.15, 0.2) is 42.5 Å². The maximum Gasteiger partial charge on any atom is 0.142 e. The van der Waals surface area contributed by atoms with Crippen molar-refractivity contribution in [2.45, 2.75) is 25.9 Å². The van der Waals surface area contributed by atoms with Crippen LogP contribution in [0.3, 0.4) is 0 Å². The second-order valence-corrected chi connectivity index (χ2v) is 6.12. The molecule has 0 atom stereocenters. The number of para-hydroxylation sites is 2. The predicted molar refractivity (Wildman–Crippen MR) is 92.8 cm³/mol. The van der Waals surface area contributed by atoms with E-state index in [1.54, 1.807) is 0 Å². The number of hydrogen-bond donors (Lipinski definition) is 2. The summed E-state index contributed by atoms with van der Waals surface area (Å²) >= 11 is 0. The number of rotatable bonds is 3. The first-order chi connectivity index (χ1) is 11.3. The highest BCUT2D eigenvalue weighted by Crippen LogP contribution is 2.31. The van der Waals surface area contributed by atoms with Crippen molar-refractivity contribution >= 4 is 11.0 Å². The minimum Gasteiger partial charge on any atom is -0.490 e. The molecular weight excluding hydrogens is 286 g/mol. The number of nitrogens with zero attached hydrogens (tertiary/aromatic N) is 1. The maximum atomic E-state index is 6.27. The maximum absolute atomic E-state index is 6.27. The minimum atomic E-state index is 0.281. The molecule has 0 spiro atoms. The van der Waals surface area contributed by atoms with Gasteiger partial charge in [-0.15, -0.1) is 0 Å². The first kappa shape index (κ1) is 14.3. The van der Waals surface area contributed by atoms with Gasteiger partial charge in [-0.1, -0.05) is 24.3 Å². The molecule has 1 fully saturated rings. The van der Waals surface area contributed by atoms with Crippen LogP contribution in [0, 0.1) is 6.92 Å². The van der Waals surface area contributed by atoms with E-state index in [0.29, 0.717) is 0 Å². The van der Waals surface area contributed by atoms with E-state index in [4.69, 9.17) is 9.72 Å². The smallest absolute Gasteiger partial charge is 0.142 e. The van der Waals surface area contributed by atoms with Crippen molar-refractivity contribution in [3.05, 3.63) is 48.0 Å². The van der Waals surface area contributed by atoms with Crippen LogP contribution < -0.4 is 10.1 Å². The third-order valence-electron chi connectivity index (χ3n) is 4.44. The lowest BCUT2D eigenvalue weighted by molar-refractivity contribution is 0.163. The van der Waals surface area contributed by atoms with Crippen LogP contribution in [0.4, 0.5) is 0 Å². The van der Waals surface area contributed by atoms with E-state index in [-0.39, 0.29) is 6.10 Å². The normalized spacial score (nSPS) is 15.9. The summed E-state index contributed by atoms with van der Waals surface area (Å²) in [6.07, 6.45) is 2.38. The van der Waals surface area contributed by atoms with Crippen molar-refractivity contribution in [2.75, 3.05) is 13.1 Å². The zero-order valence-electron chi connectivity index (χ0n) is 13.3. The number of nitrogens with one attached hydrogen (secondary N) is 2. The van der Waals surface area contributed by atoms with Gasteiger partial charge in [0.15, 0.2) is 0 Å². The van der Waals surface area contributed by atoms with Crippen LogP contribution in [0.5, 0.6) is 5.75 Å². The molecule has 1 saturated heterocycles. The molecule has 0 saturated carbocycles. The zero-order chi connectivity index (χ0) is 15.6. The van der Waals surface area contributed by atoms with Crippen molar-refractivity contribution < 1.29 is 4.74 Å². The first-order valence-electron chi connectivity index (χ1n) is 8.23. The van der Waals surface area contributed by atoms with Crippen LogP contribution in [0.25, 0.3) is 22.4 Å². The van der Waals surface area contributed by atoms with Gasteiger partial charge in [0.25, 0.3) is 0 Å². The number of ether oxygens (including phenoxy) is 1. The van der Waals surface area contributed by atoms with E-state index in [0.717, 1.165) is 54.1 Å². The summed E-state index contributed by atoms with van der Waals surface area (Å²) in [5.74, 6) is 1.79. The summed E-state index contributed by atoms with van der Waals surface area (Å²) in [5.41, 5.74) is 4.30. The zero-order valence-corrected chi connectivity index (χ0v) is 13.3. The molecule has 0 aliphatic carbocycles. The summed E-state index contributed by atoms with van der Waals surface area (Å²) in [7, 11) is 0. The van der Waals surface area contributed by atoms with Gasteiger partial charge in [0.2, 0.25) is 0 Å². The number of imidazole rings is 1. The van der Waals surface area contributed by atoms with Crippen molar-refractivity contribution in [3.8, 4) is 17.1 Å². The number of aromatic nitrogens is 2. The number of benzene rings is 2. The lowest BCUT2D eigenvalue weighted by Gasteiger charge is -2.24. The molecule has 1 aliphatic heterocycles. The fourth-order valence-electron chi connectivity index (χ4n) is 3.16. The lowest BCUT2D eigenvalue weighted by Crippen LogP contribution is -2.34. The molecule has 118 valence electrons. The largest absolute Gasteiger partial charge is 0.490 e. The highest BCUT2D eigenvalue weighted by Gasteiger charge is 2.18. The van der Waals surface area contributed by atoms with Crippen LogP contribution in [-0.4, -0.2) is 29.2 Å². The molecule has 2 heterocycles. The van der Waals surface area contributed by atoms with Crippen molar-refractivity contribution in [2.24, 2.45) is 0 Å². The molecular formula is C19H21N3O. The Bertz CT molecular complexity index is 818. The molecule has 0 radical (unpaired) electrons. The number of hydrogen-bond acceptors (Lipinski definition) is 3. The van der Waals surface area contributed by atoms with Gasteiger partial charge < -0.3 is 15.0 Å². The van der Waals surface area contributed by atoms with Crippen LogP contribution >= 0.6 is 0 Å². The van der Waals surface area contributed by atoms with Crippen LogP contribution in [0.2, 0.25) is 0 Å². The highest BCUT2D eigenvalue weighted by atomic mass is 16.5. The molecule has 4 heteroatoms. The lowest BCUT2D eigenvalue weighted by atomic mass is 10.1. The quantitative estimate of drug-likeness (QED) is 0.776. The topological polar surface area (TPSA) is 49.9 Å². The number of piperidine rings is 1. The summed E-state index contributed by atoms with van der Waals surface area (Å²) in [4.78, 5) is 8.22. The predicted octanol–water partition coefficient (Wildman–Crippen LogP) is 3.67. The molecule has 1 aromatic heterocycles. The molecule has 1 aliphatic rings. The van der Waals surface area contributed by atoms with Gasteiger partial charge in [-0.25, -0.2) is 4.98 Å². The van der Waals surface area contributed by atoms with E-state index in [9.17, 15) is 0 Å². The van der Waals surface area contributed by atoms with Gasteiger partial charge in [-0.05, 0) is 56.6 Å². The fraction of sp³-hybridized carbons (Fsp3) is 0.316. The number of aryl methyl sites for hydroxylation is 1. The average molecular weight is 307 g/mol. The third kappa shape index (κ3) is 2.82. The summed E-state index contributed by atoms with van der Waals surface area (Å²) in [6.45, 7) is 4.14. The Hall–Kier alpha value is -2.33. The van der Waals surface area contributed by atoms with E-state index in [1.807, 2.05) is 18.2 Å². The fourth-order valence-corrected chi connectivity index (χ4v) is 3.16. The van der Waals surface area contributed by atoms with Crippen molar-refractivity contribution in [1.29, 1.82) is 0 Å². The second kappa shape index (κ2) is 6.05. The van der Waals surface area contributed by atoms with E-state index >= 15 is 0 Å². The summed E-state index contributed by atoms with van der Waals surface area (Å²) < 4.78 is 6.27. The molecule has 3 aromatic rings. The molecule has 2 aromatic carbocycles. The van der Waals surface area contributed by atoms with Gasteiger partial charge in [-0.3, -0.25) is 0 Å². The van der Waals surface area contributed by atoms with Gasteiger partial charge in [0.1, 0.15) is 17.7 Å². The monoisotopic (exact) mass is 307 g/mol. The Morgan fingerprint density at radius 1 is 1.04 bits per heavy atom. The van der Waals surface area contributed by atoms with E-state index in [1.165, 1.54) is 5.56 Å². The minimum absolute atomic E-state index is 0.281.